The standard InChI is InChI=1S/C11H18O3/c1-9-7-10(12)8-11(9,13)5-3-4-6-14-2/h7,13H,3-6,8H2,1-2H3. The van der Waals surface area contributed by atoms with Crippen LogP contribution in [0.1, 0.15) is 32.6 Å². The van der Waals surface area contributed by atoms with Gasteiger partial charge in [0.15, 0.2) is 5.78 Å². The molecule has 0 aromatic rings. The van der Waals surface area contributed by atoms with Crippen molar-refractivity contribution in [3.63, 3.8) is 0 Å². The fraction of sp³-hybridized carbons (Fsp3) is 0.727. The van der Waals surface area contributed by atoms with E-state index in [2.05, 4.69) is 0 Å². The molecule has 0 bridgehead atoms. The molecule has 1 N–H and O–H groups in total. The van der Waals surface area contributed by atoms with E-state index in [9.17, 15) is 9.90 Å². The van der Waals surface area contributed by atoms with E-state index in [1.54, 1.807) is 13.2 Å². The number of rotatable bonds is 5. The topological polar surface area (TPSA) is 46.5 Å². The Labute approximate surface area is 84.8 Å². The Kier molecular flexibility index (Phi) is 3.84. The molecule has 1 rings (SSSR count). The maximum atomic E-state index is 11.1. The summed E-state index contributed by atoms with van der Waals surface area (Å²) in [6.07, 6.45) is 4.29. The van der Waals surface area contributed by atoms with E-state index in [0.29, 0.717) is 13.0 Å². The molecule has 0 saturated heterocycles. The van der Waals surface area contributed by atoms with Crippen LogP contribution in [0.25, 0.3) is 0 Å². The summed E-state index contributed by atoms with van der Waals surface area (Å²) >= 11 is 0. The highest BCUT2D eigenvalue weighted by molar-refractivity contribution is 5.94. The van der Waals surface area contributed by atoms with E-state index in [1.807, 2.05) is 6.92 Å². The molecule has 14 heavy (non-hydrogen) atoms. The van der Waals surface area contributed by atoms with Gasteiger partial charge in [-0.25, -0.2) is 0 Å². The zero-order chi connectivity index (χ0) is 10.6. The lowest BCUT2D eigenvalue weighted by Crippen LogP contribution is -2.28. The number of unbranched alkanes of at least 4 members (excludes halogenated alkanes) is 1. The van der Waals surface area contributed by atoms with E-state index in [0.717, 1.165) is 18.4 Å². The van der Waals surface area contributed by atoms with Crippen molar-refractivity contribution in [3.05, 3.63) is 11.6 Å². The Morgan fingerprint density at radius 3 is 2.79 bits per heavy atom. The third kappa shape index (κ3) is 2.66. The van der Waals surface area contributed by atoms with E-state index in [4.69, 9.17) is 4.74 Å². The van der Waals surface area contributed by atoms with Crippen LogP contribution in [0, 0.1) is 0 Å². The van der Waals surface area contributed by atoms with Crippen molar-refractivity contribution in [1.82, 2.24) is 0 Å². The van der Waals surface area contributed by atoms with Crippen LogP contribution in [0.4, 0.5) is 0 Å². The number of hydrogen-bond donors (Lipinski definition) is 1. The monoisotopic (exact) mass is 198 g/mol. The summed E-state index contributed by atoms with van der Waals surface area (Å²) in [5, 5.41) is 10.1. The van der Waals surface area contributed by atoms with Crippen molar-refractivity contribution in [2.45, 2.75) is 38.2 Å². The molecule has 0 aromatic heterocycles. The van der Waals surface area contributed by atoms with Crippen molar-refractivity contribution >= 4 is 5.78 Å². The SMILES string of the molecule is COCCCCC1(O)CC(=O)C=C1C. The van der Waals surface area contributed by atoms with Crippen molar-refractivity contribution in [2.24, 2.45) is 0 Å². The molecule has 1 unspecified atom stereocenters. The summed E-state index contributed by atoms with van der Waals surface area (Å²) in [6, 6.07) is 0. The molecule has 1 aliphatic carbocycles. The molecule has 80 valence electrons. The number of hydrogen-bond acceptors (Lipinski definition) is 3. The van der Waals surface area contributed by atoms with E-state index in [-0.39, 0.29) is 12.2 Å². The molecule has 1 aliphatic rings. The molecular weight excluding hydrogens is 180 g/mol. The first kappa shape index (κ1) is 11.4. The van der Waals surface area contributed by atoms with Crippen LogP contribution in [0.5, 0.6) is 0 Å². The number of carbonyl (C=O) groups excluding carboxylic acids is 1. The van der Waals surface area contributed by atoms with Gasteiger partial charge >= 0.3 is 0 Å². The van der Waals surface area contributed by atoms with Crippen LogP contribution in [0.15, 0.2) is 11.6 Å². The normalized spacial score (nSPS) is 26.8. The Bertz CT molecular complexity index is 245. The van der Waals surface area contributed by atoms with Gasteiger partial charge in [-0.15, -0.1) is 0 Å². The van der Waals surface area contributed by atoms with E-state index in [1.165, 1.54) is 0 Å². The lowest BCUT2D eigenvalue weighted by Gasteiger charge is -2.23. The molecule has 0 amide bonds. The Balaban J connectivity index is 2.36. The molecule has 0 saturated carbocycles. The molecule has 1 atom stereocenters. The minimum atomic E-state index is -0.870. The molecule has 0 spiro atoms. The van der Waals surface area contributed by atoms with Crippen LogP contribution in [0.2, 0.25) is 0 Å². The number of ketones is 1. The van der Waals surface area contributed by atoms with Gasteiger partial charge in [0.05, 0.1) is 5.60 Å². The van der Waals surface area contributed by atoms with Crippen molar-refractivity contribution in [2.75, 3.05) is 13.7 Å². The van der Waals surface area contributed by atoms with Gasteiger partial charge in [-0.2, -0.15) is 0 Å². The number of allylic oxidation sites excluding steroid dienone is 1. The highest BCUT2D eigenvalue weighted by Gasteiger charge is 2.35. The second kappa shape index (κ2) is 4.71. The molecule has 0 aliphatic heterocycles. The average Bonchev–Trinajstić information content (AvgIpc) is 2.36. The lowest BCUT2D eigenvalue weighted by atomic mass is 9.90. The molecule has 0 aromatic carbocycles. The van der Waals surface area contributed by atoms with Gasteiger partial charge in [0.1, 0.15) is 0 Å². The third-order valence-electron chi connectivity index (χ3n) is 2.77. The second-order valence-corrected chi connectivity index (χ2v) is 3.95. The van der Waals surface area contributed by atoms with Crippen LogP contribution in [0.3, 0.4) is 0 Å². The summed E-state index contributed by atoms with van der Waals surface area (Å²) in [6.45, 7) is 2.54. The van der Waals surface area contributed by atoms with Crippen molar-refractivity contribution < 1.29 is 14.6 Å². The first-order chi connectivity index (χ1) is 6.58. The molecular formula is C11H18O3. The maximum absolute atomic E-state index is 11.1. The highest BCUT2D eigenvalue weighted by Crippen LogP contribution is 2.32. The highest BCUT2D eigenvalue weighted by atomic mass is 16.5. The van der Waals surface area contributed by atoms with Gasteiger partial charge in [-0.3, -0.25) is 4.79 Å². The van der Waals surface area contributed by atoms with Crippen LogP contribution < -0.4 is 0 Å². The molecule has 3 heteroatoms. The van der Waals surface area contributed by atoms with Gasteiger partial charge in [-0.05, 0) is 37.8 Å². The van der Waals surface area contributed by atoms with Crippen LogP contribution in [-0.2, 0) is 9.53 Å². The largest absolute Gasteiger partial charge is 0.385 e. The molecule has 0 fully saturated rings. The fourth-order valence-corrected chi connectivity index (χ4v) is 1.80. The van der Waals surface area contributed by atoms with Gasteiger partial charge < -0.3 is 9.84 Å². The molecule has 3 nitrogen and oxygen atoms in total. The van der Waals surface area contributed by atoms with E-state index < -0.39 is 5.60 Å². The minimum absolute atomic E-state index is 0.0386. The zero-order valence-corrected chi connectivity index (χ0v) is 8.88. The number of ether oxygens (including phenoxy) is 1. The van der Waals surface area contributed by atoms with Gasteiger partial charge in [0.25, 0.3) is 0 Å². The van der Waals surface area contributed by atoms with Crippen LogP contribution >= 0.6 is 0 Å². The Morgan fingerprint density at radius 1 is 1.57 bits per heavy atom. The predicted molar refractivity (Wildman–Crippen MR) is 54.1 cm³/mol. The minimum Gasteiger partial charge on any atom is -0.385 e. The lowest BCUT2D eigenvalue weighted by molar-refractivity contribution is -0.116. The summed E-state index contributed by atoms with van der Waals surface area (Å²) in [5.41, 5.74) is -0.0647. The first-order valence-electron chi connectivity index (χ1n) is 5.01. The maximum Gasteiger partial charge on any atom is 0.158 e. The van der Waals surface area contributed by atoms with Gasteiger partial charge in [0.2, 0.25) is 0 Å². The van der Waals surface area contributed by atoms with Crippen LogP contribution in [-0.4, -0.2) is 30.2 Å². The first-order valence-corrected chi connectivity index (χ1v) is 5.01. The Morgan fingerprint density at radius 2 is 2.29 bits per heavy atom. The van der Waals surface area contributed by atoms with Gasteiger partial charge in [0, 0.05) is 20.1 Å². The molecule has 0 radical (unpaired) electrons. The fourth-order valence-electron chi connectivity index (χ4n) is 1.80. The summed E-state index contributed by atoms with van der Waals surface area (Å²) in [4.78, 5) is 11.1. The predicted octanol–water partition coefficient (Wildman–Crippen LogP) is 1.45. The van der Waals surface area contributed by atoms with Crippen molar-refractivity contribution in [1.29, 1.82) is 0 Å². The number of aliphatic hydroxyl groups is 1. The number of carbonyl (C=O) groups is 1. The summed E-state index contributed by atoms with van der Waals surface area (Å²) in [7, 11) is 1.67. The second-order valence-electron chi connectivity index (χ2n) is 3.95. The third-order valence-corrected chi connectivity index (χ3v) is 2.77. The van der Waals surface area contributed by atoms with Crippen molar-refractivity contribution in [3.8, 4) is 0 Å². The quantitative estimate of drug-likeness (QED) is 0.680. The number of methoxy groups -OCH3 is 1. The average molecular weight is 198 g/mol. The summed E-state index contributed by atoms with van der Waals surface area (Å²) < 4.78 is 4.92. The summed E-state index contributed by atoms with van der Waals surface area (Å²) in [5.74, 6) is 0.0386. The zero-order valence-electron chi connectivity index (χ0n) is 8.88. The van der Waals surface area contributed by atoms with Gasteiger partial charge in [-0.1, -0.05) is 0 Å². The Hall–Kier alpha value is -0.670. The molecule has 0 heterocycles. The van der Waals surface area contributed by atoms with E-state index >= 15 is 0 Å². The smallest absolute Gasteiger partial charge is 0.158 e.